The van der Waals surface area contributed by atoms with Gasteiger partial charge in [-0.25, -0.2) is 0 Å². The molecule has 3 atom stereocenters. The van der Waals surface area contributed by atoms with E-state index in [0.717, 1.165) is 0 Å². The molecule has 0 aromatic heterocycles. The van der Waals surface area contributed by atoms with Crippen molar-refractivity contribution in [2.24, 2.45) is 5.92 Å². The average molecular weight is 266 g/mol. The van der Waals surface area contributed by atoms with E-state index in [1.165, 1.54) is 23.4 Å². The second-order valence-electron chi connectivity index (χ2n) is 5.59. The summed E-state index contributed by atoms with van der Waals surface area (Å²) in [6, 6.07) is 19.1. The number of para-hydroxylation sites is 2. The smallest absolute Gasteiger partial charge is 0.0996 e. The van der Waals surface area contributed by atoms with Gasteiger partial charge in [-0.3, -0.25) is 0 Å². The molecule has 1 heterocycles. The predicted octanol–water partition coefficient (Wildman–Crippen LogP) is 4.68. The Morgan fingerprint density at radius 2 is 1.70 bits per heavy atom. The van der Waals surface area contributed by atoms with Gasteiger partial charge in [-0.2, -0.15) is 0 Å². The van der Waals surface area contributed by atoms with Gasteiger partial charge >= 0.3 is 0 Å². The molecule has 0 saturated heterocycles. The molecular weight excluding hydrogens is 244 g/mol. The van der Waals surface area contributed by atoms with Gasteiger partial charge in [-0.1, -0.05) is 50.2 Å². The summed E-state index contributed by atoms with van der Waals surface area (Å²) < 4.78 is 0. The highest BCUT2D eigenvalue weighted by molar-refractivity contribution is 5.58. The van der Waals surface area contributed by atoms with Gasteiger partial charge in [0, 0.05) is 17.3 Å². The van der Waals surface area contributed by atoms with E-state index in [0.29, 0.717) is 11.8 Å². The lowest BCUT2D eigenvalue weighted by molar-refractivity contribution is 0.396. The first-order chi connectivity index (χ1) is 9.79. The summed E-state index contributed by atoms with van der Waals surface area (Å²) in [4.78, 5) is 0. The Balaban J connectivity index is 1.87. The van der Waals surface area contributed by atoms with Crippen LogP contribution in [0.3, 0.4) is 0 Å². The second kappa shape index (κ2) is 5.58. The van der Waals surface area contributed by atoms with Gasteiger partial charge in [0.1, 0.15) is 0 Å². The lowest BCUT2D eigenvalue weighted by atomic mass is 9.79. The van der Waals surface area contributed by atoms with E-state index in [9.17, 15) is 0 Å². The first-order valence-corrected chi connectivity index (χ1v) is 7.46. The molecule has 0 bridgehead atoms. The summed E-state index contributed by atoms with van der Waals surface area (Å²) in [6.45, 7) is 4.61. The van der Waals surface area contributed by atoms with Crippen molar-refractivity contribution in [1.82, 2.24) is 0 Å². The Kier molecular flexibility index (Phi) is 3.64. The molecule has 3 rings (SSSR count). The van der Waals surface area contributed by atoms with Crippen LogP contribution in [0.2, 0.25) is 0 Å². The maximum absolute atomic E-state index is 3.65. The predicted molar refractivity (Wildman–Crippen MR) is 86.1 cm³/mol. The number of benzene rings is 2. The largest absolute Gasteiger partial charge is 0.365 e. The van der Waals surface area contributed by atoms with Crippen LogP contribution in [-0.4, -0.2) is 6.17 Å². The van der Waals surface area contributed by atoms with Gasteiger partial charge in [0.2, 0.25) is 0 Å². The normalized spacial score (nSPS) is 24.6. The fourth-order valence-electron chi connectivity index (χ4n) is 3.24. The molecule has 0 radical (unpaired) electrons. The minimum Gasteiger partial charge on any atom is -0.365 e. The minimum atomic E-state index is 0.275. The van der Waals surface area contributed by atoms with Crippen molar-refractivity contribution in [2.75, 3.05) is 10.6 Å². The lowest BCUT2D eigenvalue weighted by Crippen LogP contribution is -2.41. The van der Waals surface area contributed by atoms with Crippen molar-refractivity contribution in [1.29, 1.82) is 0 Å². The zero-order chi connectivity index (χ0) is 13.9. The topological polar surface area (TPSA) is 24.1 Å². The van der Waals surface area contributed by atoms with Gasteiger partial charge in [0.05, 0.1) is 6.17 Å². The molecule has 2 aromatic rings. The maximum Gasteiger partial charge on any atom is 0.0996 e. The number of anilines is 2. The first-order valence-electron chi connectivity index (χ1n) is 7.46. The number of nitrogens with one attached hydrogen (secondary N) is 2. The third-order valence-corrected chi connectivity index (χ3v) is 4.37. The Morgan fingerprint density at radius 3 is 2.45 bits per heavy atom. The van der Waals surface area contributed by atoms with Crippen molar-refractivity contribution in [2.45, 2.75) is 32.4 Å². The molecule has 20 heavy (non-hydrogen) atoms. The molecule has 1 aliphatic heterocycles. The van der Waals surface area contributed by atoms with Crippen LogP contribution in [0.15, 0.2) is 54.6 Å². The van der Waals surface area contributed by atoms with Crippen LogP contribution in [0.25, 0.3) is 0 Å². The molecular formula is C18H22N2. The van der Waals surface area contributed by atoms with Crippen molar-refractivity contribution >= 4 is 11.4 Å². The van der Waals surface area contributed by atoms with Gasteiger partial charge in [-0.05, 0) is 36.1 Å². The number of hydrogen-bond acceptors (Lipinski definition) is 2. The highest BCUT2D eigenvalue weighted by Crippen LogP contribution is 2.40. The molecule has 0 spiro atoms. The van der Waals surface area contributed by atoms with Crippen molar-refractivity contribution in [3.8, 4) is 0 Å². The molecule has 0 fully saturated rings. The average Bonchev–Trinajstić information content (AvgIpc) is 2.49. The van der Waals surface area contributed by atoms with Crippen LogP contribution in [0, 0.1) is 5.92 Å². The van der Waals surface area contributed by atoms with E-state index >= 15 is 0 Å². The van der Waals surface area contributed by atoms with Gasteiger partial charge in [-0.15, -0.1) is 0 Å². The van der Waals surface area contributed by atoms with Gasteiger partial charge in [0.15, 0.2) is 0 Å². The van der Waals surface area contributed by atoms with Crippen molar-refractivity contribution in [3.05, 3.63) is 60.2 Å². The van der Waals surface area contributed by atoms with Crippen LogP contribution in [0.1, 0.15) is 31.7 Å². The molecule has 1 aliphatic rings. The fraction of sp³-hybridized carbons (Fsp3) is 0.333. The summed E-state index contributed by atoms with van der Waals surface area (Å²) in [7, 11) is 0. The zero-order valence-electron chi connectivity index (χ0n) is 12.1. The number of fused-ring (bicyclic) bond motifs is 1. The van der Waals surface area contributed by atoms with E-state index in [4.69, 9.17) is 0 Å². The van der Waals surface area contributed by atoms with Gasteiger partial charge < -0.3 is 10.6 Å². The van der Waals surface area contributed by atoms with E-state index < -0.39 is 0 Å². The van der Waals surface area contributed by atoms with Crippen LogP contribution in [-0.2, 0) is 0 Å². The quantitative estimate of drug-likeness (QED) is 0.843. The molecule has 2 nitrogen and oxygen atoms in total. The van der Waals surface area contributed by atoms with Gasteiger partial charge in [0.25, 0.3) is 0 Å². The number of hydrogen-bond donors (Lipinski definition) is 2. The molecule has 0 aliphatic carbocycles. The molecule has 0 amide bonds. The van der Waals surface area contributed by atoms with E-state index in [-0.39, 0.29) is 6.17 Å². The molecule has 2 heteroatoms. The second-order valence-corrected chi connectivity index (χ2v) is 5.59. The van der Waals surface area contributed by atoms with E-state index in [1.54, 1.807) is 0 Å². The van der Waals surface area contributed by atoms with E-state index in [2.05, 4.69) is 73.0 Å². The van der Waals surface area contributed by atoms with Crippen molar-refractivity contribution < 1.29 is 0 Å². The minimum absolute atomic E-state index is 0.275. The number of rotatable bonds is 3. The van der Waals surface area contributed by atoms with E-state index in [1.807, 2.05) is 6.07 Å². The maximum atomic E-state index is 3.65. The highest BCUT2D eigenvalue weighted by atomic mass is 15.1. The monoisotopic (exact) mass is 266 g/mol. The third-order valence-electron chi connectivity index (χ3n) is 4.37. The summed E-state index contributed by atoms with van der Waals surface area (Å²) >= 11 is 0. The fourth-order valence-corrected chi connectivity index (χ4v) is 3.24. The summed E-state index contributed by atoms with van der Waals surface area (Å²) in [5, 5.41) is 7.27. The standard InChI is InChI=1S/C18H22N2/c1-3-15-13(2)18(19-14-9-5-4-6-10-14)20-17-12-8-7-11-16(15)17/h4-13,15,18-20H,3H2,1-2H3/t13-,15+,18+/m1/s1. The van der Waals surface area contributed by atoms with Crippen LogP contribution >= 0.6 is 0 Å². The SMILES string of the molecule is CC[C@@H]1c2ccccc2N[C@H](Nc2ccccc2)[C@@H]1C. The molecule has 104 valence electrons. The zero-order valence-corrected chi connectivity index (χ0v) is 12.1. The Hall–Kier alpha value is -1.96. The summed E-state index contributed by atoms with van der Waals surface area (Å²) in [6.07, 6.45) is 1.45. The van der Waals surface area contributed by atoms with Crippen LogP contribution in [0.4, 0.5) is 11.4 Å². The summed E-state index contributed by atoms with van der Waals surface area (Å²) in [5.41, 5.74) is 3.89. The Bertz CT molecular complexity index is 565. The Morgan fingerprint density at radius 1 is 1.00 bits per heavy atom. The van der Waals surface area contributed by atoms with Crippen molar-refractivity contribution in [3.63, 3.8) is 0 Å². The molecule has 0 unspecified atom stereocenters. The molecule has 2 N–H and O–H groups in total. The first kappa shape index (κ1) is 13.0. The Labute approximate surface area is 121 Å². The van der Waals surface area contributed by atoms with Crippen LogP contribution < -0.4 is 10.6 Å². The third kappa shape index (κ3) is 2.38. The highest BCUT2D eigenvalue weighted by Gasteiger charge is 2.32. The molecule has 2 aromatic carbocycles. The van der Waals surface area contributed by atoms with Crippen LogP contribution in [0.5, 0.6) is 0 Å². The lowest BCUT2D eigenvalue weighted by Gasteiger charge is -2.39. The molecule has 0 saturated carbocycles. The summed E-state index contributed by atoms with van der Waals surface area (Å²) in [5.74, 6) is 1.16.